The van der Waals surface area contributed by atoms with Gasteiger partial charge < -0.3 is 19.9 Å². The van der Waals surface area contributed by atoms with Gasteiger partial charge in [0.1, 0.15) is 5.60 Å². The number of carbonyl (C=O) groups is 1. The Labute approximate surface area is 193 Å². The second-order valence-corrected chi connectivity index (χ2v) is 8.84. The molecule has 1 amide bonds. The lowest BCUT2D eigenvalue weighted by Crippen LogP contribution is -2.48. The molecule has 2 fully saturated rings. The van der Waals surface area contributed by atoms with Crippen LogP contribution in [0.15, 0.2) is 30.6 Å². The second-order valence-electron chi connectivity index (χ2n) is 7.79. The zero-order chi connectivity index (χ0) is 19.0. The third kappa shape index (κ3) is 4.32. The van der Waals surface area contributed by atoms with Crippen LogP contribution < -0.4 is 10.2 Å². The van der Waals surface area contributed by atoms with E-state index in [4.69, 9.17) is 4.74 Å². The molecule has 6 nitrogen and oxygen atoms in total. The highest BCUT2D eigenvalue weighted by molar-refractivity contribution is 7.14. The molecule has 0 radical (unpaired) electrons. The van der Waals surface area contributed by atoms with Crippen molar-refractivity contribution in [2.45, 2.75) is 24.9 Å². The number of pyridine rings is 1. The normalized spacial score (nSPS) is 20.1. The van der Waals surface area contributed by atoms with E-state index in [1.807, 2.05) is 29.4 Å². The van der Waals surface area contributed by atoms with Crippen molar-refractivity contribution in [1.29, 1.82) is 0 Å². The van der Waals surface area contributed by atoms with Crippen LogP contribution in [0.5, 0.6) is 0 Å². The van der Waals surface area contributed by atoms with Gasteiger partial charge in [0.15, 0.2) is 0 Å². The van der Waals surface area contributed by atoms with E-state index >= 15 is 0 Å². The molecule has 164 valence electrons. The number of piperazine rings is 1. The first-order valence-corrected chi connectivity index (χ1v) is 11.0. The van der Waals surface area contributed by atoms with Gasteiger partial charge in [0.05, 0.1) is 11.5 Å². The Bertz CT molecular complexity index is 850. The van der Waals surface area contributed by atoms with Crippen LogP contribution in [-0.4, -0.2) is 61.7 Å². The number of carbonyl (C=O) groups excluding carboxylic acids is 1. The van der Waals surface area contributed by atoms with Crippen molar-refractivity contribution in [1.82, 2.24) is 15.2 Å². The Morgan fingerprint density at radius 1 is 1.10 bits per heavy atom. The molecule has 0 unspecified atom stereocenters. The number of ether oxygens (including phenoxy) is 1. The number of nitrogens with one attached hydrogen (secondary N) is 1. The van der Waals surface area contributed by atoms with Crippen molar-refractivity contribution in [2.75, 3.05) is 50.8 Å². The van der Waals surface area contributed by atoms with E-state index in [0.717, 1.165) is 70.0 Å². The number of thiophene rings is 1. The lowest BCUT2D eigenvalue weighted by Gasteiger charge is -2.40. The Morgan fingerprint density at radius 2 is 1.80 bits per heavy atom. The molecule has 3 aliphatic heterocycles. The first kappa shape index (κ1) is 23.3. The lowest BCUT2D eigenvalue weighted by molar-refractivity contribution is -0.0771. The molecule has 3 aliphatic rings. The summed E-state index contributed by atoms with van der Waals surface area (Å²) in [5.41, 5.74) is 2.35. The smallest absolute Gasteiger partial charge is 0.264 e. The molecule has 5 rings (SSSR count). The summed E-state index contributed by atoms with van der Waals surface area (Å²) >= 11 is 1.67. The number of piperidine rings is 1. The van der Waals surface area contributed by atoms with Gasteiger partial charge in [-0.25, -0.2) is 0 Å². The molecule has 0 saturated carbocycles. The zero-order valence-electron chi connectivity index (χ0n) is 16.8. The molecule has 2 aromatic rings. The van der Waals surface area contributed by atoms with Gasteiger partial charge in [0, 0.05) is 49.1 Å². The fraction of sp³-hybridized carbons (Fsp3) is 0.524. The average Bonchev–Trinajstić information content (AvgIpc) is 3.21. The second kappa shape index (κ2) is 9.83. The van der Waals surface area contributed by atoms with Crippen LogP contribution in [0.1, 0.15) is 33.0 Å². The molecule has 0 aromatic carbocycles. The summed E-state index contributed by atoms with van der Waals surface area (Å²) in [7, 11) is 0. The monoisotopic (exact) mass is 470 g/mol. The molecule has 5 heterocycles. The van der Waals surface area contributed by atoms with Crippen molar-refractivity contribution >= 4 is 47.7 Å². The number of rotatable bonds is 2. The minimum atomic E-state index is -0.165. The van der Waals surface area contributed by atoms with Gasteiger partial charge in [-0.1, -0.05) is 0 Å². The molecule has 2 saturated heterocycles. The van der Waals surface area contributed by atoms with E-state index in [-0.39, 0.29) is 36.3 Å². The molecule has 30 heavy (non-hydrogen) atoms. The summed E-state index contributed by atoms with van der Waals surface area (Å²) in [6, 6.07) is 6.20. The first-order valence-electron chi connectivity index (χ1n) is 10.2. The minimum absolute atomic E-state index is 0. The van der Waals surface area contributed by atoms with Crippen molar-refractivity contribution in [3.63, 3.8) is 0 Å². The number of hydrogen-bond acceptors (Lipinski definition) is 6. The van der Waals surface area contributed by atoms with Gasteiger partial charge in [-0.15, -0.1) is 36.2 Å². The lowest BCUT2D eigenvalue weighted by atomic mass is 9.86. The van der Waals surface area contributed by atoms with E-state index in [9.17, 15) is 4.79 Å². The summed E-state index contributed by atoms with van der Waals surface area (Å²) in [4.78, 5) is 23.8. The zero-order valence-corrected chi connectivity index (χ0v) is 19.3. The Hall–Kier alpha value is -1.38. The molecule has 1 spiro atoms. The van der Waals surface area contributed by atoms with Gasteiger partial charge in [-0.3, -0.25) is 9.78 Å². The number of amides is 1. The van der Waals surface area contributed by atoms with Crippen LogP contribution in [0.2, 0.25) is 0 Å². The number of anilines is 1. The summed E-state index contributed by atoms with van der Waals surface area (Å²) in [6.07, 6.45) is 6.56. The van der Waals surface area contributed by atoms with Gasteiger partial charge >= 0.3 is 0 Å². The molecule has 0 aliphatic carbocycles. The standard InChI is InChI=1S/C21H26N4O2S.2ClH/c26-20(25-12-10-24(11-13-25)17-1-6-22-7-2-17)18-15-16-3-14-27-21(19(16)28-18)4-8-23-9-5-21;;/h1-2,6-7,15,23H,3-5,8-14H2;2*1H. The van der Waals surface area contributed by atoms with Crippen LogP contribution in [0.3, 0.4) is 0 Å². The predicted molar refractivity (Wildman–Crippen MR) is 125 cm³/mol. The molecule has 0 bridgehead atoms. The van der Waals surface area contributed by atoms with Crippen molar-refractivity contribution in [2.24, 2.45) is 0 Å². The van der Waals surface area contributed by atoms with E-state index in [0.29, 0.717) is 0 Å². The molecule has 1 N–H and O–H groups in total. The van der Waals surface area contributed by atoms with E-state index in [1.54, 1.807) is 11.3 Å². The number of halogens is 2. The molecule has 9 heteroatoms. The Kier molecular flexibility index (Phi) is 7.63. The summed E-state index contributed by atoms with van der Waals surface area (Å²) in [5.74, 6) is 0.179. The summed E-state index contributed by atoms with van der Waals surface area (Å²) in [6.45, 7) is 5.97. The van der Waals surface area contributed by atoms with Crippen LogP contribution in [0.4, 0.5) is 5.69 Å². The van der Waals surface area contributed by atoms with Gasteiger partial charge in [0.25, 0.3) is 5.91 Å². The maximum absolute atomic E-state index is 13.2. The quantitative estimate of drug-likeness (QED) is 0.730. The fourth-order valence-electron chi connectivity index (χ4n) is 4.61. The SMILES string of the molecule is Cl.Cl.O=C(c1cc2c(s1)C1(CCNCC1)OCC2)N1CCN(c2ccncc2)CC1. The highest BCUT2D eigenvalue weighted by Gasteiger charge is 2.41. The average molecular weight is 471 g/mol. The fourth-order valence-corrected chi connectivity index (χ4v) is 5.99. The Balaban J connectivity index is 0.00000128. The van der Waals surface area contributed by atoms with E-state index < -0.39 is 0 Å². The highest BCUT2D eigenvalue weighted by Crippen LogP contribution is 2.44. The highest BCUT2D eigenvalue weighted by atomic mass is 35.5. The summed E-state index contributed by atoms with van der Waals surface area (Å²) in [5, 5.41) is 3.43. The number of nitrogens with zero attached hydrogens (tertiary/aromatic N) is 3. The largest absolute Gasteiger partial charge is 0.369 e. The van der Waals surface area contributed by atoms with E-state index in [1.165, 1.54) is 16.1 Å². The number of hydrogen-bond donors (Lipinski definition) is 1. The predicted octanol–water partition coefficient (Wildman–Crippen LogP) is 3.10. The topological polar surface area (TPSA) is 57.7 Å². The van der Waals surface area contributed by atoms with Crippen LogP contribution in [0, 0.1) is 0 Å². The van der Waals surface area contributed by atoms with Crippen LogP contribution in [0.25, 0.3) is 0 Å². The first-order chi connectivity index (χ1) is 13.8. The molecule has 2 aromatic heterocycles. The maximum Gasteiger partial charge on any atom is 0.264 e. The Morgan fingerprint density at radius 3 is 2.50 bits per heavy atom. The van der Waals surface area contributed by atoms with Crippen molar-refractivity contribution in [3.05, 3.63) is 45.9 Å². The summed E-state index contributed by atoms with van der Waals surface area (Å²) < 4.78 is 6.27. The van der Waals surface area contributed by atoms with Crippen LogP contribution >= 0.6 is 36.2 Å². The molecule has 0 atom stereocenters. The van der Waals surface area contributed by atoms with Gasteiger partial charge in [0.2, 0.25) is 0 Å². The van der Waals surface area contributed by atoms with Crippen LogP contribution in [-0.2, 0) is 16.8 Å². The minimum Gasteiger partial charge on any atom is -0.369 e. The maximum atomic E-state index is 13.2. The van der Waals surface area contributed by atoms with Gasteiger partial charge in [-0.2, -0.15) is 0 Å². The molecular formula is C21H28Cl2N4O2S. The third-order valence-electron chi connectivity index (χ3n) is 6.19. The van der Waals surface area contributed by atoms with Crippen molar-refractivity contribution in [3.8, 4) is 0 Å². The molecular weight excluding hydrogens is 443 g/mol. The van der Waals surface area contributed by atoms with Crippen molar-refractivity contribution < 1.29 is 9.53 Å². The third-order valence-corrected chi connectivity index (χ3v) is 7.54. The number of aromatic nitrogens is 1. The van der Waals surface area contributed by atoms with Gasteiger partial charge in [-0.05, 0) is 56.1 Å². The van der Waals surface area contributed by atoms with E-state index in [2.05, 4.69) is 21.3 Å². The number of fused-ring (bicyclic) bond motifs is 2.